The summed E-state index contributed by atoms with van der Waals surface area (Å²) in [6, 6.07) is 8.18. The summed E-state index contributed by atoms with van der Waals surface area (Å²) in [6.07, 6.45) is 0.570. The first-order valence-corrected chi connectivity index (χ1v) is 5.77. The highest BCUT2D eigenvalue weighted by molar-refractivity contribution is 6.04. The second-order valence-corrected chi connectivity index (χ2v) is 4.10. The van der Waals surface area contributed by atoms with Crippen LogP contribution >= 0.6 is 0 Å². The summed E-state index contributed by atoms with van der Waals surface area (Å²) < 4.78 is 0. The van der Waals surface area contributed by atoms with Gasteiger partial charge in [0.25, 0.3) is 5.91 Å². The smallest absolute Gasteiger partial charge is 0.325 e. The highest BCUT2D eigenvalue weighted by Gasteiger charge is 2.36. The number of hydrogen-bond acceptors (Lipinski definition) is 3. The number of rotatable bonds is 3. The van der Waals surface area contributed by atoms with E-state index in [-0.39, 0.29) is 18.5 Å². The molecule has 2 rings (SSSR count). The van der Waals surface area contributed by atoms with E-state index in [1.54, 1.807) is 24.3 Å². The molecular weight excluding hydrogens is 230 g/mol. The van der Waals surface area contributed by atoms with Crippen LogP contribution in [0.1, 0.15) is 24.5 Å². The van der Waals surface area contributed by atoms with Gasteiger partial charge >= 0.3 is 6.03 Å². The van der Waals surface area contributed by atoms with E-state index in [1.165, 1.54) is 0 Å². The van der Waals surface area contributed by atoms with Crippen molar-refractivity contribution < 1.29 is 9.59 Å². The molecule has 1 unspecified atom stereocenters. The van der Waals surface area contributed by atoms with E-state index in [1.807, 2.05) is 6.92 Å². The van der Waals surface area contributed by atoms with Crippen molar-refractivity contribution in [3.8, 4) is 6.07 Å². The summed E-state index contributed by atoms with van der Waals surface area (Å²) in [5, 5.41) is 11.6. The molecule has 1 heterocycles. The van der Waals surface area contributed by atoms with Crippen LogP contribution < -0.4 is 5.32 Å². The quantitative estimate of drug-likeness (QED) is 0.815. The van der Waals surface area contributed by atoms with Crippen LogP contribution in [-0.2, 0) is 11.3 Å². The standard InChI is InChI=1S/C13H13N3O2/c1-2-11-12(17)16(13(18)15-11)8-10-6-4-3-5-9(10)7-14/h3-6,11H,2,8H2,1H3,(H,15,18). The Hall–Kier alpha value is -2.35. The van der Waals surface area contributed by atoms with Gasteiger partial charge in [-0.3, -0.25) is 9.69 Å². The van der Waals surface area contributed by atoms with Crippen molar-refractivity contribution in [2.75, 3.05) is 0 Å². The van der Waals surface area contributed by atoms with Gasteiger partial charge in [0, 0.05) is 0 Å². The van der Waals surface area contributed by atoms with Crippen LogP contribution in [0.4, 0.5) is 4.79 Å². The Labute approximate surface area is 105 Å². The minimum absolute atomic E-state index is 0.144. The molecule has 1 fully saturated rings. The number of benzene rings is 1. The molecule has 1 aromatic carbocycles. The average molecular weight is 243 g/mol. The second kappa shape index (κ2) is 4.88. The van der Waals surface area contributed by atoms with Crippen LogP contribution in [0.3, 0.4) is 0 Å². The van der Waals surface area contributed by atoms with Crippen LogP contribution in [0.25, 0.3) is 0 Å². The molecule has 0 radical (unpaired) electrons. The van der Waals surface area contributed by atoms with E-state index in [2.05, 4.69) is 11.4 Å². The number of nitrogens with zero attached hydrogens (tertiary/aromatic N) is 2. The molecule has 1 aliphatic heterocycles. The molecule has 1 aromatic rings. The highest BCUT2D eigenvalue weighted by atomic mass is 16.2. The van der Waals surface area contributed by atoms with Crippen LogP contribution in [0.15, 0.2) is 24.3 Å². The lowest BCUT2D eigenvalue weighted by Crippen LogP contribution is -2.31. The minimum atomic E-state index is -0.438. The topological polar surface area (TPSA) is 73.2 Å². The molecule has 1 atom stereocenters. The summed E-state index contributed by atoms with van der Waals surface area (Å²) in [6.45, 7) is 1.99. The fourth-order valence-electron chi connectivity index (χ4n) is 1.94. The highest BCUT2D eigenvalue weighted by Crippen LogP contribution is 2.16. The van der Waals surface area contributed by atoms with Gasteiger partial charge in [-0.05, 0) is 18.1 Å². The summed E-state index contributed by atoms with van der Waals surface area (Å²) in [5.41, 5.74) is 1.17. The van der Waals surface area contributed by atoms with Crippen molar-refractivity contribution in [2.45, 2.75) is 25.9 Å². The van der Waals surface area contributed by atoms with Crippen molar-refractivity contribution in [3.05, 3.63) is 35.4 Å². The molecule has 92 valence electrons. The van der Waals surface area contributed by atoms with Gasteiger partial charge in [0.05, 0.1) is 18.2 Å². The molecule has 0 spiro atoms. The number of hydrogen-bond donors (Lipinski definition) is 1. The Balaban J connectivity index is 2.22. The SMILES string of the molecule is CCC1NC(=O)N(Cc2ccccc2C#N)C1=O. The fraction of sp³-hybridized carbons (Fsp3) is 0.308. The second-order valence-electron chi connectivity index (χ2n) is 4.10. The van der Waals surface area contributed by atoms with Gasteiger partial charge in [0.1, 0.15) is 6.04 Å². The number of urea groups is 1. The third kappa shape index (κ3) is 2.05. The van der Waals surface area contributed by atoms with Gasteiger partial charge in [-0.2, -0.15) is 5.26 Å². The third-order valence-corrected chi connectivity index (χ3v) is 2.98. The van der Waals surface area contributed by atoms with Crippen molar-refractivity contribution in [1.82, 2.24) is 10.2 Å². The van der Waals surface area contributed by atoms with Crippen LogP contribution in [0.5, 0.6) is 0 Å². The molecule has 1 aliphatic rings. The van der Waals surface area contributed by atoms with Crippen molar-refractivity contribution >= 4 is 11.9 Å². The van der Waals surface area contributed by atoms with Gasteiger partial charge in [0.15, 0.2) is 0 Å². The van der Waals surface area contributed by atoms with E-state index in [0.717, 1.165) is 4.90 Å². The lowest BCUT2D eigenvalue weighted by molar-refractivity contribution is -0.127. The number of nitriles is 1. The minimum Gasteiger partial charge on any atom is -0.326 e. The first-order chi connectivity index (χ1) is 8.67. The largest absolute Gasteiger partial charge is 0.326 e. The molecule has 1 N–H and O–H groups in total. The predicted octanol–water partition coefficient (Wildman–Crippen LogP) is 1.39. The van der Waals surface area contributed by atoms with Crippen LogP contribution in [0, 0.1) is 11.3 Å². The van der Waals surface area contributed by atoms with Crippen LogP contribution in [-0.4, -0.2) is 22.9 Å². The van der Waals surface area contributed by atoms with E-state index < -0.39 is 6.04 Å². The summed E-state index contributed by atoms with van der Waals surface area (Å²) in [7, 11) is 0. The molecule has 5 heteroatoms. The van der Waals surface area contributed by atoms with Gasteiger partial charge < -0.3 is 5.32 Å². The Morgan fingerprint density at radius 2 is 2.11 bits per heavy atom. The normalized spacial score (nSPS) is 18.7. The number of amides is 3. The summed E-state index contributed by atoms with van der Waals surface area (Å²) in [5.74, 6) is -0.227. The predicted molar refractivity (Wildman–Crippen MR) is 64.3 cm³/mol. The van der Waals surface area contributed by atoms with Crippen LogP contribution in [0.2, 0.25) is 0 Å². The Kier molecular flexibility index (Phi) is 3.28. The molecule has 0 bridgehead atoms. The molecule has 5 nitrogen and oxygen atoms in total. The van der Waals surface area contributed by atoms with Gasteiger partial charge in [-0.1, -0.05) is 25.1 Å². The lowest BCUT2D eigenvalue weighted by Gasteiger charge is -2.13. The van der Waals surface area contributed by atoms with Crippen molar-refractivity contribution in [1.29, 1.82) is 5.26 Å². The van der Waals surface area contributed by atoms with E-state index in [9.17, 15) is 9.59 Å². The van der Waals surface area contributed by atoms with E-state index in [4.69, 9.17) is 5.26 Å². The lowest BCUT2D eigenvalue weighted by atomic mass is 10.1. The Bertz CT molecular complexity index is 533. The van der Waals surface area contributed by atoms with E-state index in [0.29, 0.717) is 17.5 Å². The monoisotopic (exact) mass is 243 g/mol. The van der Waals surface area contributed by atoms with Gasteiger partial charge in [-0.15, -0.1) is 0 Å². The average Bonchev–Trinajstić information content (AvgIpc) is 2.66. The first kappa shape index (κ1) is 12.1. The number of nitrogens with one attached hydrogen (secondary N) is 1. The molecule has 18 heavy (non-hydrogen) atoms. The van der Waals surface area contributed by atoms with E-state index >= 15 is 0 Å². The maximum absolute atomic E-state index is 11.9. The van der Waals surface area contributed by atoms with Gasteiger partial charge in [-0.25, -0.2) is 4.79 Å². The van der Waals surface area contributed by atoms with Crippen molar-refractivity contribution in [2.24, 2.45) is 0 Å². The zero-order valence-electron chi connectivity index (χ0n) is 10.0. The summed E-state index contributed by atoms with van der Waals surface area (Å²) >= 11 is 0. The molecule has 1 saturated heterocycles. The first-order valence-electron chi connectivity index (χ1n) is 5.77. The molecule has 0 saturated carbocycles. The molecule has 0 aromatic heterocycles. The zero-order chi connectivity index (χ0) is 13.1. The number of carbonyl (C=O) groups excluding carboxylic acids is 2. The maximum Gasteiger partial charge on any atom is 0.325 e. The molecular formula is C13H13N3O2. The number of carbonyl (C=O) groups is 2. The molecule has 0 aliphatic carbocycles. The Morgan fingerprint density at radius 3 is 2.72 bits per heavy atom. The molecule has 3 amide bonds. The Morgan fingerprint density at radius 1 is 1.39 bits per heavy atom. The third-order valence-electron chi connectivity index (χ3n) is 2.98. The summed E-state index contributed by atoms with van der Waals surface area (Å²) in [4.78, 5) is 24.7. The zero-order valence-corrected chi connectivity index (χ0v) is 10.0. The van der Waals surface area contributed by atoms with Gasteiger partial charge in [0.2, 0.25) is 0 Å². The fourth-order valence-corrected chi connectivity index (χ4v) is 1.94. The van der Waals surface area contributed by atoms with Crippen molar-refractivity contribution in [3.63, 3.8) is 0 Å². The number of imide groups is 1. The maximum atomic E-state index is 11.9.